The first-order valence-electron chi connectivity index (χ1n) is 9.21. The number of carbonyl (C=O) groups is 1. The van der Waals surface area contributed by atoms with Gasteiger partial charge in [-0.15, -0.1) is 6.58 Å². The SMILES string of the molecule is C=CCc1nc(COC(=O)C(=C)C)n(Cc2ccccc2)c1-c1ccccc1. The van der Waals surface area contributed by atoms with Gasteiger partial charge in [-0.25, -0.2) is 9.78 Å². The van der Waals surface area contributed by atoms with Crippen LogP contribution in [0.3, 0.4) is 0 Å². The lowest BCUT2D eigenvalue weighted by Gasteiger charge is -2.13. The Bertz CT molecular complexity index is 973. The number of benzene rings is 2. The molecule has 0 fully saturated rings. The molecule has 0 spiro atoms. The second-order valence-corrected chi connectivity index (χ2v) is 6.61. The van der Waals surface area contributed by atoms with Gasteiger partial charge < -0.3 is 9.30 Å². The van der Waals surface area contributed by atoms with Gasteiger partial charge in [0.25, 0.3) is 0 Å². The van der Waals surface area contributed by atoms with E-state index in [0.717, 1.165) is 22.5 Å². The molecule has 4 nitrogen and oxygen atoms in total. The molecule has 0 bridgehead atoms. The smallest absolute Gasteiger partial charge is 0.333 e. The Morgan fingerprint density at radius 3 is 2.36 bits per heavy atom. The first kappa shape index (κ1) is 19.4. The highest BCUT2D eigenvalue weighted by molar-refractivity contribution is 5.86. The van der Waals surface area contributed by atoms with Crippen LogP contribution in [0.4, 0.5) is 0 Å². The zero-order chi connectivity index (χ0) is 19.9. The van der Waals surface area contributed by atoms with Crippen LogP contribution in [0.25, 0.3) is 11.3 Å². The van der Waals surface area contributed by atoms with Gasteiger partial charge in [0.1, 0.15) is 12.4 Å². The van der Waals surface area contributed by atoms with Gasteiger partial charge in [0.2, 0.25) is 0 Å². The zero-order valence-corrected chi connectivity index (χ0v) is 16.1. The van der Waals surface area contributed by atoms with Crippen LogP contribution in [0, 0.1) is 0 Å². The average Bonchev–Trinajstić information content (AvgIpc) is 3.04. The van der Waals surface area contributed by atoms with E-state index in [4.69, 9.17) is 9.72 Å². The normalized spacial score (nSPS) is 10.5. The van der Waals surface area contributed by atoms with Crippen molar-refractivity contribution < 1.29 is 9.53 Å². The van der Waals surface area contributed by atoms with Crippen molar-refractivity contribution >= 4 is 5.97 Å². The van der Waals surface area contributed by atoms with Crippen molar-refractivity contribution in [3.8, 4) is 11.3 Å². The Balaban J connectivity index is 2.08. The van der Waals surface area contributed by atoms with Crippen LogP contribution in [0.15, 0.2) is 85.5 Å². The summed E-state index contributed by atoms with van der Waals surface area (Å²) in [5, 5.41) is 0. The second kappa shape index (κ2) is 9.00. The van der Waals surface area contributed by atoms with Gasteiger partial charge >= 0.3 is 5.97 Å². The molecule has 0 unspecified atom stereocenters. The van der Waals surface area contributed by atoms with E-state index in [-0.39, 0.29) is 6.61 Å². The minimum Gasteiger partial charge on any atom is -0.454 e. The first-order valence-corrected chi connectivity index (χ1v) is 9.21. The predicted molar refractivity (Wildman–Crippen MR) is 112 cm³/mol. The van der Waals surface area contributed by atoms with E-state index in [0.29, 0.717) is 24.4 Å². The number of allylic oxidation sites excluding steroid dienone is 1. The summed E-state index contributed by atoms with van der Waals surface area (Å²) in [5.41, 5.74) is 4.52. The zero-order valence-electron chi connectivity index (χ0n) is 16.1. The van der Waals surface area contributed by atoms with Crippen molar-refractivity contribution in [1.82, 2.24) is 9.55 Å². The highest BCUT2D eigenvalue weighted by atomic mass is 16.5. The summed E-state index contributed by atoms with van der Waals surface area (Å²) in [6.45, 7) is 9.87. The molecule has 142 valence electrons. The molecule has 0 atom stereocenters. The molecule has 1 aromatic heterocycles. The number of aromatic nitrogens is 2. The molecule has 0 aliphatic rings. The number of imidazole rings is 1. The van der Waals surface area contributed by atoms with Gasteiger partial charge in [-0.3, -0.25) is 0 Å². The lowest BCUT2D eigenvalue weighted by Crippen LogP contribution is -2.11. The number of carbonyl (C=O) groups excluding carboxylic acids is 1. The molecule has 4 heteroatoms. The fraction of sp³-hybridized carbons (Fsp3) is 0.167. The van der Waals surface area contributed by atoms with E-state index >= 15 is 0 Å². The van der Waals surface area contributed by atoms with Crippen molar-refractivity contribution in [1.29, 1.82) is 0 Å². The molecule has 0 saturated heterocycles. The fourth-order valence-corrected chi connectivity index (χ4v) is 3.05. The van der Waals surface area contributed by atoms with Crippen LogP contribution in [0.1, 0.15) is 24.0 Å². The standard InChI is InChI=1S/C24H24N2O2/c1-4-11-21-23(20-14-9-6-10-15-20)26(16-19-12-7-5-8-13-19)22(25-21)17-28-24(27)18(2)3/h4-10,12-15H,1-2,11,16-17H2,3H3. The van der Waals surface area contributed by atoms with Crippen molar-refractivity contribution in [3.05, 3.63) is 103 Å². The van der Waals surface area contributed by atoms with Gasteiger partial charge in [0.15, 0.2) is 0 Å². The van der Waals surface area contributed by atoms with Gasteiger partial charge in [-0.1, -0.05) is 73.3 Å². The highest BCUT2D eigenvalue weighted by Crippen LogP contribution is 2.27. The van der Waals surface area contributed by atoms with Gasteiger partial charge in [0.05, 0.1) is 11.4 Å². The minimum absolute atomic E-state index is 0.0928. The van der Waals surface area contributed by atoms with E-state index in [1.807, 2.05) is 42.5 Å². The Morgan fingerprint density at radius 2 is 1.75 bits per heavy atom. The number of ether oxygens (including phenoxy) is 1. The van der Waals surface area contributed by atoms with Crippen molar-refractivity contribution in [2.24, 2.45) is 0 Å². The van der Waals surface area contributed by atoms with E-state index in [1.165, 1.54) is 0 Å². The van der Waals surface area contributed by atoms with Crippen LogP contribution in [-0.4, -0.2) is 15.5 Å². The van der Waals surface area contributed by atoms with E-state index in [9.17, 15) is 4.79 Å². The van der Waals surface area contributed by atoms with Crippen LogP contribution < -0.4 is 0 Å². The second-order valence-electron chi connectivity index (χ2n) is 6.61. The van der Waals surface area contributed by atoms with Crippen molar-refractivity contribution in [2.75, 3.05) is 0 Å². The molecule has 0 radical (unpaired) electrons. The quantitative estimate of drug-likeness (QED) is 0.319. The summed E-state index contributed by atoms with van der Waals surface area (Å²) in [7, 11) is 0. The molecule has 2 aromatic carbocycles. The Kier molecular flexibility index (Phi) is 6.22. The average molecular weight is 372 g/mol. The lowest BCUT2D eigenvalue weighted by molar-refractivity contribution is -0.140. The number of nitrogens with zero attached hydrogens (tertiary/aromatic N) is 2. The molecular weight excluding hydrogens is 348 g/mol. The highest BCUT2D eigenvalue weighted by Gasteiger charge is 2.19. The third-order valence-electron chi connectivity index (χ3n) is 4.37. The van der Waals surface area contributed by atoms with E-state index < -0.39 is 5.97 Å². The lowest BCUT2D eigenvalue weighted by atomic mass is 10.1. The largest absolute Gasteiger partial charge is 0.454 e. The van der Waals surface area contributed by atoms with Crippen molar-refractivity contribution in [3.63, 3.8) is 0 Å². The molecule has 3 rings (SSSR count). The number of rotatable bonds is 8. The molecule has 0 amide bonds. The van der Waals surface area contributed by atoms with Crippen molar-refractivity contribution in [2.45, 2.75) is 26.5 Å². The fourth-order valence-electron chi connectivity index (χ4n) is 3.05. The Morgan fingerprint density at radius 1 is 1.11 bits per heavy atom. The van der Waals surface area contributed by atoms with Gasteiger partial charge in [0, 0.05) is 24.1 Å². The molecule has 3 aromatic rings. The molecular formula is C24H24N2O2. The van der Waals surface area contributed by atoms with Crippen LogP contribution >= 0.6 is 0 Å². The molecule has 28 heavy (non-hydrogen) atoms. The summed E-state index contributed by atoms with van der Waals surface area (Å²) < 4.78 is 7.52. The topological polar surface area (TPSA) is 44.1 Å². The summed E-state index contributed by atoms with van der Waals surface area (Å²) >= 11 is 0. The van der Waals surface area contributed by atoms with E-state index in [2.05, 4.69) is 42.0 Å². The first-order chi connectivity index (χ1) is 13.6. The molecule has 0 N–H and O–H groups in total. The minimum atomic E-state index is -0.416. The Labute approximate surface area is 165 Å². The predicted octanol–water partition coefficient (Wildman–Crippen LogP) is 4.95. The third-order valence-corrected chi connectivity index (χ3v) is 4.37. The van der Waals surface area contributed by atoms with Gasteiger partial charge in [-0.05, 0) is 12.5 Å². The summed E-state index contributed by atoms with van der Waals surface area (Å²) in [4.78, 5) is 16.7. The van der Waals surface area contributed by atoms with Crippen LogP contribution in [0.2, 0.25) is 0 Å². The molecule has 0 aliphatic heterocycles. The van der Waals surface area contributed by atoms with Gasteiger partial charge in [-0.2, -0.15) is 0 Å². The molecule has 0 saturated carbocycles. The maximum absolute atomic E-state index is 11.9. The number of hydrogen-bond donors (Lipinski definition) is 0. The number of hydrogen-bond acceptors (Lipinski definition) is 3. The molecule has 1 heterocycles. The van der Waals surface area contributed by atoms with E-state index in [1.54, 1.807) is 6.92 Å². The summed E-state index contributed by atoms with van der Waals surface area (Å²) in [5.74, 6) is 0.287. The summed E-state index contributed by atoms with van der Waals surface area (Å²) in [6.07, 6.45) is 2.47. The molecule has 0 aliphatic carbocycles. The third kappa shape index (κ3) is 4.46. The maximum atomic E-state index is 11.9. The monoisotopic (exact) mass is 372 g/mol. The maximum Gasteiger partial charge on any atom is 0.333 e. The Hall–Kier alpha value is -3.40. The van der Waals surface area contributed by atoms with Crippen LogP contribution in [0.5, 0.6) is 0 Å². The van der Waals surface area contributed by atoms with Crippen LogP contribution in [-0.2, 0) is 29.1 Å². The summed E-state index contributed by atoms with van der Waals surface area (Å²) in [6, 6.07) is 20.3. The number of esters is 1.